The van der Waals surface area contributed by atoms with Crippen LogP contribution in [-0.2, 0) is 0 Å². The normalized spacial score (nSPS) is 11.8. The molecule has 0 aliphatic carbocycles. The molecule has 0 nitrogen and oxygen atoms in total. The first-order valence-corrected chi connectivity index (χ1v) is 6.95. The number of fused-ring (bicyclic) bond motifs is 1. The topological polar surface area (TPSA) is 0 Å². The van der Waals surface area contributed by atoms with Gasteiger partial charge in [0.05, 0.1) is 0 Å². The van der Waals surface area contributed by atoms with Crippen molar-refractivity contribution in [3.8, 4) is 0 Å². The van der Waals surface area contributed by atoms with Gasteiger partial charge in [0.1, 0.15) is 0 Å². The van der Waals surface area contributed by atoms with Gasteiger partial charge in [-0.2, -0.15) is 0 Å². The highest BCUT2D eigenvalue weighted by atomic mass is 14.1. The number of hydrogen-bond acceptors (Lipinski definition) is 0. The van der Waals surface area contributed by atoms with E-state index in [1.54, 1.807) is 0 Å². The lowest BCUT2D eigenvalue weighted by molar-refractivity contribution is 0.863. The molecule has 0 radical (unpaired) electrons. The van der Waals surface area contributed by atoms with Crippen LogP contribution in [0.5, 0.6) is 0 Å². The second-order valence-corrected chi connectivity index (χ2v) is 6.08. The summed E-state index contributed by atoms with van der Waals surface area (Å²) in [7, 11) is 0. The van der Waals surface area contributed by atoms with E-state index in [0.29, 0.717) is 11.8 Å². The van der Waals surface area contributed by atoms with Crippen molar-refractivity contribution in [1.29, 1.82) is 0 Å². The van der Waals surface area contributed by atoms with Gasteiger partial charge in [0.25, 0.3) is 0 Å². The summed E-state index contributed by atoms with van der Waals surface area (Å²) in [6, 6.07) is 9.42. The Bertz CT molecular complexity index is 521. The van der Waals surface area contributed by atoms with E-state index in [-0.39, 0.29) is 0 Å². The molecule has 0 bridgehead atoms. The summed E-state index contributed by atoms with van der Waals surface area (Å²) < 4.78 is 0. The van der Waals surface area contributed by atoms with Crippen molar-refractivity contribution in [3.05, 3.63) is 46.5 Å². The van der Waals surface area contributed by atoms with Gasteiger partial charge in [0, 0.05) is 0 Å². The molecule has 0 spiro atoms. The van der Waals surface area contributed by atoms with E-state index >= 15 is 0 Å². The standard InChI is InChI=1S/C18H24/c1-11(2)15-7-13(5)18-10-16(12(3)4)8-14(6)17(18)9-15/h7-12H,1-6H3. The van der Waals surface area contributed by atoms with E-state index in [4.69, 9.17) is 0 Å². The van der Waals surface area contributed by atoms with E-state index in [9.17, 15) is 0 Å². The molecule has 0 heterocycles. The highest BCUT2D eigenvalue weighted by molar-refractivity contribution is 5.90. The smallest absolute Gasteiger partial charge is 0.0149 e. The molecule has 2 rings (SSSR count). The molecule has 2 aromatic carbocycles. The van der Waals surface area contributed by atoms with Crippen LogP contribution in [0.3, 0.4) is 0 Å². The fraction of sp³-hybridized carbons (Fsp3) is 0.444. The third-order valence-corrected chi connectivity index (χ3v) is 3.86. The fourth-order valence-corrected chi connectivity index (χ4v) is 2.55. The van der Waals surface area contributed by atoms with Crippen LogP contribution in [0, 0.1) is 13.8 Å². The SMILES string of the molecule is Cc1cc(C(C)C)cc2c(C)cc(C(C)C)cc12. The highest BCUT2D eigenvalue weighted by Gasteiger charge is 2.09. The van der Waals surface area contributed by atoms with E-state index in [2.05, 4.69) is 65.8 Å². The molecule has 18 heavy (non-hydrogen) atoms. The van der Waals surface area contributed by atoms with Crippen LogP contribution >= 0.6 is 0 Å². The van der Waals surface area contributed by atoms with Crippen molar-refractivity contribution < 1.29 is 0 Å². The average molecular weight is 240 g/mol. The number of benzene rings is 2. The molecular weight excluding hydrogens is 216 g/mol. The van der Waals surface area contributed by atoms with Gasteiger partial charge in [-0.15, -0.1) is 0 Å². The summed E-state index contributed by atoms with van der Waals surface area (Å²) >= 11 is 0. The average Bonchev–Trinajstić information content (AvgIpc) is 2.29. The van der Waals surface area contributed by atoms with Gasteiger partial charge >= 0.3 is 0 Å². The summed E-state index contributed by atoms with van der Waals surface area (Å²) in [6.45, 7) is 13.5. The van der Waals surface area contributed by atoms with Gasteiger partial charge in [-0.25, -0.2) is 0 Å². The van der Waals surface area contributed by atoms with Gasteiger partial charge < -0.3 is 0 Å². The summed E-state index contributed by atoms with van der Waals surface area (Å²) in [5.74, 6) is 1.19. The fourth-order valence-electron chi connectivity index (χ4n) is 2.55. The Hall–Kier alpha value is -1.30. The van der Waals surface area contributed by atoms with Crippen molar-refractivity contribution in [2.45, 2.75) is 53.4 Å². The predicted octanol–water partition coefficient (Wildman–Crippen LogP) is 5.70. The van der Waals surface area contributed by atoms with E-state index in [1.807, 2.05) is 0 Å². The highest BCUT2D eigenvalue weighted by Crippen LogP contribution is 2.30. The lowest BCUT2D eigenvalue weighted by Crippen LogP contribution is -1.94. The summed E-state index contributed by atoms with van der Waals surface area (Å²) in [5, 5.41) is 2.84. The van der Waals surface area contributed by atoms with Crippen LogP contribution < -0.4 is 0 Å². The van der Waals surface area contributed by atoms with Gasteiger partial charge in [-0.1, -0.05) is 52.0 Å². The quantitative estimate of drug-likeness (QED) is 0.631. The molecule has 0 amide bonds. The third kappa shape index (κ3) is 2.29. The van der Waals surface area contributed by atoms with Gasteiger partial charge in [-0.05, 0) is 58.7 Å². The molecule has 0 unspecified atom stereocenters. The third-order valence-electron chi connectivity index (χ3n) is 3.86. The van der Waals surface area contributed by atoms with Crippen molar-refractivity contribution in [1.82, 2.24) is 0 Å². The van der Waals surface area contributed by atoms with Gasteiger partial charge in [-0.3, -0.25) is 0 Å². The van der Waals surface area contributed by atoms with Crippen LogP contribution in [0.15, 0.2) is 24.3 Å². The molecule has 0 heteroatoms. The van der Waals surface area contributed by atoms with Crippen LogP contribution in [0.2, 0.25) is 0 Å². The van der Waals surface area contributed by atoms with Crippen LogP contribution in [0.4, 0.5) is 0 Å². The Labute approximate surface area is 111 Å². The molecule has 2 aromatic rings. The van der Waals surface area contributed by atoms with Crippen molar-refractivity contribution in [2.24, 2.45) is 0 Å². The zero-order valence-electron chi connectivity index (χ0n) is 12.5. The van der Waals surface area contributed by atoms with E-state index in [1.165, 1.54) is 33.0 Å². The Balaban J connectivity index is 2.75. The summed E-state index contributed by atoms with van der Waals surface area (Å²) in [4.78, 5) is 0. The zero-order chi connectivity index (χ0) is 13.4. The molecular formula is C18H24. The molecule has 0 aliphatic heterocycles. The zero-order valence-corrected chi connectivity index (χ0v) is 12.5. The van der Waals surface area contributed by atoms with Crippen LogP contribution in [-0.4, -0.2) is 0 Å². The van der Waals surface area contributed by atoms with Gasteiger partial charge in [0.15, 0.2) is 0 Å². The predicted molar refractivity (Wildman–Crippen MR) is 81.6 cm³/mol. The molecule has 0 fully saturated rings. The molecule has 0 aromatic heterocycles. The monoisotopic (exact) mass is 240 g/mol. The molecule has 0 atom stereocenters. The summed E-state index contributed by atoms with van der Waals surface area (Å²) in [5.41, 5.74) is 5.70. The van der Waals surface area contributed by atoms with Crippen molar-refractivity contribution in [3.63, 3.8) is 0 Å². The first-order valence-electron chi connectivity index (χ1n) is 6.95. The maximum Gasteiger partial charge on any atom is -0.0149 e. The Morgan fingerprint density at radius 1 is 0.611 bits per heavy atom. The second kappa shape index (κ2) is 4.76. The van der Waals surface area contributed by atoms with Crippen molar-refractivity contribution >= 4 is 10.8 Å². The Morgan fingerprint density at radius 2 is 0.944 bits per heavy atom. The first kappa shape index (κ1) is 13.1. The van der Waals surface area contributed by atoms with Gasteiger partial charge in [0.2, 0.25) is 0 Å². The van der Waals surface area contributed by atoms with Crippen molar-refractivity contribution in [2.75, 3.05) is 0 Å². The lowest BCUT2D eigenvalue weighted by atomic mass is 9.90. The lowest BCUT2D eigenvalue weighted by Gasteiger charge is -2.15. The molecule has 0 saturated heterocycles. The van der Waals surface area contributed by atoms with E-state index in [0.717, 1.165) is 0 Å². The number of hydrogen-bond donors (Lipinski definition) is 0. The molecule has 0 N–H and O–H groups in total. The molecule has 96 valence electrons. The minimum atomic E-state index is 0.595. The van der Waals surface area contributed by atoms with Crippen LogP contribution in [0.25, 0.3) is 10.8 Å². The Kier molecular flexibility index (Phi) is 3.47. The summed E-state index contributed by atoms with van der Waals surface area (Å²) in [6.07, 6.45) is 0. The number of aryl methyl sites for hydroxylation is 2. The minimum absolute atomic E-state index is 0.595. The van der Waals surface area contributed by atoms with E-state index < -0.39 is 0 Å². The molecule has 0 aliphatic rings. The largest absolute Gasteiger partial charge is 0.0587 e. The molecule has 0 saturated carbocycles. The first-order chi connectivity index (χ1) is 8.40. The maximum atomic E-state index is 2.37. The van der Waals surface area contributed by atoms with Crippen LogP contribution in [0.1, 0.15) is 61.8 Å². The number of rotatable bonds is 2. The maximum absolute atomic E-state index is 2.37. The Morgan fingerprint density at radius 3 is 1.22 bits per heavy atom. The minimum Gasteiger partial charge on any atom is -0.0587 e. The second-order valence-electron chi connectivity index (χ2n) is 6.08.